The van der Waals surface area contributed by atoms with Crippen LogP contribution in [-0.4, -0.2) is 19.0 Å². The van der Waals surface area contributed by atoms with E-state index in [-0.39, 0.29) is 10.8 Å². The Hall–Kier alpha value is -1.12. The van der Waals surface area contributed by atoms with Gasteiger partial charge in [0.1, 0.15) is 0 Å². The Morgan fingerprint density at radius 1 is 1.16 bits per heavy atom. The van der Waals surface area contributed by atoms with Gasteiger partial charge in [0.25, 0.3) is 0 Å². The molecule has 1 aliphatic heterocycles. The molecule has 19 heavy (non-hydrogen) atoms. The maximum atomic E-state index is 6.14. The van der Waals surface area contributed by atoms with E-state index in [1.165, 1.54) is 5.56 Å². The lowest BCUT2D eigenvalue weighted by molar-refractivity contribution is -0.253. The minimum Gasteiger partial charge on any atom is -0.348 e. The van der Waals surface area contributed by atoms with E-state index < -0.39 is 5.79 Å². The number of benzene rings is 1. The van der Waals surface area contributed by atoms with E-state index in [0.717, 1.165) is 26.1 Å². The smallest absolute Gasteiger partial charge is 0.179 e. The van der Waals surface area contributed by atoms with Gasteiger partial charge in [0, 0.05) is 11.8 Å². The first-order chi connectivity index (χ1) is 9.04. The van der Waals surface area contributed by atoms with Gasteiger partial charge in [-0.05, 0) is 12.0 Å². The molecule has 1 saturated heterocycles. The van der Waals surface area contributed by atoms with Crippen LogP contribution in [0.5, 0.6) is 0 Å². The molecule has 1 aliphatic carbocycles. The molecule has 3 rings (SSSR count). The van der Waals surface area contributed by atoms with Crippen LogP contribution in [0, 0.1) is 5.41 Å². The lowest BCUT2D eigenvalue weighted by atomic mass is 9.90. The standard InChI is InChI=1S/C17H22O2/c1-4-10-16(14-8-6-5-7-9-14)11-17(16)18-12-15(2,3)13-19-17/h4-9H,1,10-13H2,2-3H3/t16-/m0/s1. The van der Waals surface area contributed by atoms with Crippen molar-refractivity contribution in [2.75, 3.05) is 13.2 Å². The van der Waals surface area contributed by atoms with Gasteiger partial charge in [-0.1, -0.05) is 50.3 Å². The molecular formula is C17H22O2. The normalized spacial score (nSPS) is 31.1. The summed E-state index contributed by atoms with van der Waals surface area (Å²) in [5, 5.41) is 0. The molecule has 1 heterocycles. The van der Waals surface area contributed by atoms with Gasteiger partial charge >= 0.3 is 0 Å². The van der Waals surface area contributed by atoms with Crippen molar-refractivity contribution in [3.05, 3.63) is 48.6 Å². The minimum atomic E-state index is -0.419. The molecule has 2 aliphatic rings. The molecule has 1 spiro atoms. The quantitative estimate of drug-likeness (QED) is 0.770. The van der Waals surface area contributed by atoms with Gasteiger partial charge in [0.2, 0.25) is 0 Å². The zero-order chi connectivity index (χ0) is 13.6. The first kappa shape index (κ1) is 12.9. The van der Waals surface area contributed by atoms with Crippen LogP contribution in [0.25, 0.3) is 0 Å². The third-order valence-electron chi connectivity index (χ3n) is 4.35. The molecule has 2 fully saturated rings. The van der Waals surface area contributed by atoms with Gasteiger partial charge in [-0.3, -0.25) is 0 Å². The number of hydrogen-bond donors (Lipinski definition) is 0. The maximum Gasteiger partial charge on any atom is 0.179 e. The Balaban J connectivity index is 1.88. The summed E-state index contributed by atoms with van der Waals surface area (Å²) in [7, 11) is 0. The third kappa shape index (κ3) is 1.94. The Kier molecular flexibility index (Phi) is 2.84. The highest BCUT2D eigenvalue weighted by Gasteiger charge is 2.72. The van der Waals surface area contributed by atoms with Gasteiger partial charge < -0.3 is 9.47 Å². The minimum absolute atomic E-state index is 0.0352. The molecule has 102 valence electrons. The molecular weight excluding hydrogens is 236 g/mol. The molecule has 0 aromatic heterocycles. The van der Waals surface area contributed by atoms with E-state index in [9.17, 15) is 0 Å². The first-order valence-electron chi connectivity index (χ1n) is 6.98. The van der Waals surface area contributed by atoms with Crippen molar-refractivity contribution >= 4 is 0 Å². The van der Waals surface area contributed by atoms with Crippen LogP contribution in [0.1, 0.15) is 32.3 Å². The van der Waals surface area contributed by atoms with Gasteiger partial charge in [0.05, 0.1) is 18.6 Å². The van der Waals surface area contributed by atoms with Crippen LogP contribution < -0.4 is 0 Å². The van der Waals surface area contributed by atoms with Gasteiger partial charge in [-0.2, -0.15) is 0 Å². The Labute approximate surface area is 115 Å². The molecule has 0 radical (unpaired) electrons. The molecule has 1 saturated carbocycles. The molecule has 0 unspecified atom stereocenters. The molecule has 2 heteroatoms. The van der Waals surface area contributed by atoms with Crippen molar-refractivity contribution in [3.63, 3.8) is 0 Å². The average Bonchev–Trinajstić information content (AvgIpc) is 3.04. The van der Waals surface area contributed by atoms with Gasteiger partial charge in [-0.15, -0.1) is 6.58 Å². The third-order valence-corrected chi connectivity index (χ3v) is 4.35. The summed E-state index contributed by atoms with van der Waals surface area (Å²) in [4.78, 5) is 0. The maximum absolute atomic E-state index is 6.14. The largest absolute Gasteiger partial charge is 0.348 e. The second kappa shape index (κ2) is 4.19. The highest BCUT2D eigenvalue weighted by molar-refractivity contribution is 5.39. The van der Waals surface area contributed by atoms with Gasteiger partial charge in [0.15, 0.2) is 5.79 Å². The van der Waals surface area contributed by atoms with E-state index >= 15 is 0 Å². The van der Waals surface area contributed by atoms with Crippen LogP contribution in [0.2, 0.25) is 0 Å². The Morgan fingerprint density at radius 2 is 1.79 bits per heavy atom. The summed E-state index contributed by atoms with van der Waals surface area (Å²) in [6, 6.07) is 10.6. The molecule has 2 nitrogen and oxygen atoms in total. The summed E-state index contributed by atoms with van der Waals surface area (Å²) in [5.74, 6) is -0.419. The molecule has 1 atom stereocenters. The van der Waals surface area contributed by atoms with E-state index in [1.807, 2.05) is 12.1 Å². The molecule has 0 N–H and O–H groups in total. The van der Waals surface area contributed by atoms with Crippen LogP contribution in [0.3, 0.4) is 0 Å². The van der Waals surface area contributed by atoms with E-state index in [0.29, 0.717) is 0 Å². The van der Waals surface area contributed by atoms with Crippen LogP contribution >= 0.6 is 0 Å². The zero-order valence-corrected chi connectivity index (χ0v) is 11.8. The van der Waals surface area contributed by atoms with E-state index in [1.54, 1.807) is 0 Å². The van der Waals surface area contributed by atoms with Crippen LogP contribution in [0.15, 0.2) is 43.0 Å². The van der Waals surface area contributed by atoms with E-state index in [4.69, 9.17) is 9.47 Å². The predicted molar refractivity (Wildman–Crippen MR) is 76.0 cm³/mol. The van der Waals surface area contributed by atoms with Crippen LogP contribution in [-0.2, 0) is 14.9 Å². The summed E-state index contributed by atoms with van der Waals surface area (Å²) >= 11 is 0. The summed E-state index contributed by atoms with van der Waals surface area (Å²) in [6.45, 7) is 9.79. The topological polar surface area (TPSA) is 18.5 Å². The Morgan fingerprint density at radius 3 is 2.37 bits per heavy atom. The van der Waals surface area contributed by atoms with Gasteiger partial charge in [-0.25, -0.2) is 0 Å². The number of rotatable bonds is 3. The molecule has 1 aromatic rings. The zero-order valence-electron chi connectivity index (χ0n) is 11.8. The summed E-state index contributed by atoms with van der Waals surface area (Å²) in [5.41, 5.74) is 1.38. The monoisotopic (exact) mass is 258 g/mol. The van der Waals surface area contributed by atoms with Crippen molar-refractivity contribution in [3.8, 4) is 0 Å². The van der Waals surface area contributed by atoms with Crippen LogP contribution in [0.4, 0.5) is 0 Å². The average molecular weight is 258 g/mol. The summed E-state index contributed by atoms with van der Waals surface area (Å²) < 4.78 is 12.3. The molecule has 0 bridgehead atoms. The first-order valence-corrected chi connectivity index (χ1v) is 6.98. The van der Waals surface area contributed by atoms with Crippen molar-refractivity contribution < 1.29 is 9.47 Å². The summed E-state index contributed by atoms with van der Waals surface area (Å²) in [6.07, 6.45) is 3.82. The highest BCUT2D eigenvalue weighted by Crippen LogP contribution is 2.64. The van der Waals surface area contributed by atoms with E-state index in [2.05, 4.69) is 44.7 Å². The second-order valence-electron chi connectivity index (χ2n) is 6.61. The van der Waals surface area contributed by atoms with Crippen molar-refractivity contribution in [1.82, 2.24) is 0 Å². The second-order valence-corrected chi connectivity index (χ2v) is 6.61. The Bertz CT molecular complexity index is 467. The number of allylic oxidation sites excluding steroid dienone is 1. The van der Waals surface area contributed by atoms with Crippen molar-refractivity contribution in [2.45, 2.75) is 37.9 Å². The lowest BCUT2D eigenvalue weighted by Gasteiger charge is -2.38. The molecule has 0 amide bonds. The predicted octanol–water partition coefficient (Wildman–Crippen LogP) is 3.67. The SMILES string of the molecule is C=CC[C@@]1(c2ccccc2)CC12OCC(C)(C)CO2. The fraction of sp³-hybridized carbons (Fsp3) is 0.529. The van der Waals surface area contributed by atoms with Crippen molar-refractivity contribution in [1.29, 1.82) is 0 Å². The molecule has 1 aromatic carbocycles. The number of ether oxygens (including phenoxy) is 2. The fourth-order valence-electron chi connectivity index (χ4n) is 3.11. The highest BCUT2D eigenvalue weighted by atomic mass is 16.7. The number of hydrogen-bond acceptors (Lipinski definition) is 2. The van der Waals surface area contributed by atoms with Crippen molar-refractivity contribution in [2.24, 2.45) is 5.41 Å². The fourth-order valence-corrected chi connectivity index (χ4v) is 3.11. The lowest BCUT2D eigenvalue weighted by Crippen LogP contribution is -2.43.